The van der Waals surface area contributed by atoms with Crippen molar-refractivity contribution in [3.8, 4) is 0 Å². The van der Waals surface area contributed by atoms with Gasteiger partial charge in [0, 0.05) is 6.04 Å². The Kier molecular flexibility index (Phi) is 4.90. The van der Waals surface area contributed by atoms with E-state index in [1.54, 1.807) is 0 Å². The van der Waals surface area contributed by atoms with E-state index in [-0.39, 0.29) is 22.0 Å². The van der Waals surface area contributed by atoms with E-state index >= 15 is 0 Å². The Morgan fingerprint density at radius 2 is 2.15 bits per heavy atom. The number of sulfone groups is 1. The van der Waals surface area contributed by atoms with Gasteiger partial charge in [0.2, 0.25) is 0 Å². The molecular weight excluding hydrogens is 294 g/mol. The molecule has 1 saturated carbocycles. The molecule has 1 fully saturated rings. The van der Waals surface area contributed by atoms with Crippen molar-refractivity contribution in [2.24, 2.45) is 0 Å². The number of nitrogens with two attached hydrogens (primary N) is 1. The molecule has 0 amide bonds. The number of hydrogen-bond acceptors (Lipinski definition) is 6. The number of nitrogens with one attached hydrogen (secondary N) is 1. The lowest BCUT2D eigenvalue weighted by molar-refractivity contribution is 0.594. The topological polar surface area (TPSA) is 85.1 Å². The van der Waals surface area contributed by atoms with Crippen LogP contribution in [0.1, 0.15) is 52.4 Å². The van der Waals surface area contributed by atoms with E-state index in [2.05, 4.69) is 23.5 Å². The first kappa shape index (κ1) is 15.6. The van der Waals surface area contributed by atoms with Crippen LogP contribution in [0.5, 0.6) is 0 Å². The van der Waals surface area contributed by atoms with E-state index in [1.807, 2.05) is 0 Å². The SMILES string of the molecule is CCCCCC(C)Nc1snc(N)c1S(=O)(=O)C1CC1. The fourth-order valence-corrected chi connectivity index (χ4v) is 5.19. The third-order valence-corrected chi connectivity index (χ3v) is 6.79. The molecular formula is C13H23N3O2S2. The maximum absolute atomic E-state index is 12.4. The Labute approximate surface area is 125 Å². The third kappa shape index (κ3) is 3.44. The first-order valence-corrected chi connectivity index (χ1v) is 9.54. The first-order chi connectivity index (χ1) is 9.46. The van der Waals surface area contributed by atoms with Gasteiger partial charge in [-0.05, 0) is 37.7 Å². The van der Waals surface area contributed by atoms with Crippen molar-refractivity contribution in [3.63, 3.8) is 0 Å². The van der Waals surface area contributed by atoms with Crippen molar-refractivity contribution < 1.29 is 8.42 Å². The Balaban J connectivity index is 2.09. The van der Waals surface area contributed by atoms with Crippen LogP contribution in [-0.2, 0) is 9.84 Å². The minimum Gasteiger partial charge on any atom is -0.382 e. The molecule has 1 atom stereocenters. The van der Waals surface area contributed by atoms with Crippen molar-refractivity contribution in [1.82, 2.24) is 4.37 Å². The molecule has 3 N–H and O–H groups in total. The fraction of sp³-hybridized carbons (Fsp3) is 0.769. The zero-order valence-corrected chi connectivity index (χ0v) is 13.7. The average Bonchev–Trinajstić information content (AvgIpc) is 3.16. The summed E-state index contributed by atoms with van der Waals surface area (Å²) in [4.78, 5) is 0.229. The Morgan fingerprint density at radius 3 is 2.75 bits per heavy atom. The summed E-state index contributed by atoms with van der Waals surface area (Å²) >= 11 is 1.15. The van der Waals surface area contributed by atoms with Crippen LogP contribution < -0.4 is 11.1 Å². The molecule has 0 aliphatic heterocycles. The quantitative estimate of drug-likeness (QED) is 0.720. The second kappa shape index (κ2) is 6.30. The van der Waals surface area contributed by atoms with Crippen LogP contribution in [0.25, 0.3) is 0 Å². The lowest BCUT2D eigenvalue weighted by atomic mass is 10.1. The summed E-state index contributed by atoms with van der Waals surface area (Å²) in [5, 5.41) is 3.63. The molecule has 20 heavy (non-hydrogen) atoms. The third-order valence-electron chi connectivity index (χ3n) is 3.54. The highest BCUT2D eigenvalue weighted by Gasteiger charge is 2.40. The van der Waals surface area contributed by atoms with E-state index in [0.717, 1.165) is 37.2 Å². The van der Waals surface area contributed by atoms with E-state index in [4.69, 9.17) is 5.73 Å². The van der Waals surface area contributed by atoms with Crippen LogP contribution in [0.3, 0.4) is 0 Å². The summed E-state index contributed by atoms with van der Waals surface area (Å²) in [6.07, 6.45) is 6.02. The molecule has 1 aromatic rings. The van der Waals surface area contributed by atoms with E-state index in [1.165, 1.54) is 12.8 Å². The summed E-state index contributed by atoms with van der Waals surface area (Å²) in [7, 11) is -3.29. The largest absolute Gasteiger partial charge is 0.382 e. The monoisotopic (exact) mass is 317 g/mol. The van der Waals surface area contributed by atoms with Crippen LogP contribution in [0, 0.1) is 0 Å². The Morgan fingerprint density at radius 1 is 1.45 bits per heavy atom. The molecule has 2 rings (SSSR count). The fourth-order valence-electron chi connectivity index (χ4n) is 2.20. The highest BCUT2D eigenvalue weighted by Crippen LogP contribution is 2.41. The van der Waals surface area contributed by atoms with E-state index < -0.39 is 9.84 Å². The summed E-state index contributed by atoms with van der Waals surface area (Å²) < 4.78 is 28.8. The molecule has 0 saturated heterocycles. The molecule has 1 unspecified atom stereocenters. The first-order valence-electron chi connectivity index (χ1n) is 7.22. The predicted octanol–water partition coefficient (Wildman–Crippen LogP) is 3.04. The van der Waals surface area contributed by atoms with Crippen molar-refractivity contribution in [2.75, 3.05) is 11.1 Å². The summed E-state index contributed by atoms with van der Waals surface area (Å²) in [6.45, 7) is 4.24. The van der Waals surface area contributed by atoms with Gasteiger partial charge in [-0.15, -0.1) is 0 Å². The highest BCUT2D eigenvalue weighted by molar-refractivity contribution is 7.92. The van der Waals surface area contributed by atoms with Crippen LogP contribution >= 0.6 is 11.5 Å². The van der Waals surface area contributed by atoms with Gasteiger partial charge in [0.05, 0.1) is 5.25 Å². The molecule has 0 spiro atoms. The number of unbranched alkanes of at least 4 members (excludes halogenated alkanes) is 2. The lowest BCUT2D eigenvalue weighted by Crippen LogP contribution is -2.17. The minimum atomic E-state index is -3.29. The van der Waals surface area contributed by atoms with Gasteiger partial charge < -0.3 is 11.1 Å². The number of aromatic nitrogens is 1. The Hall–Kier alpha value is -0.820. The van der Waals surface area contributed by atoms with Gasteiger partial charge in [-0.2, -0.15) is 4.37 Å². The van der Waals surface area contributed by atoms with Crippen molar-refractivity contribution in [1.29, 1.82) is 0 Å². The van der Waals surface area contributed by atoms with E-state index in [0.29, 0.717) is 5.00 Å². The summed E-state index contributed by atoms with van der Waals surface area (Å²) in [5.74, 6) is 0.144. The second-order valence-corrected chi connectivity index (χ2v) is 8.45. The molecule has 0 bridgehead atoms. The molecule has 7 heteroatoms. The zero-order chi connectivity index (χ0) is 14.8. The summed E-state index contributed by atoms with van der Waals surface area (Å²) in [6, 6.07) is 0.231. The number of anilines is 2. The van der Waals surface area contributed by atoms with Crippen LogP contribution in [0.15, 0.2) is 4.90 Å². The standard InChI is InChI=1S/C13H23N3O2S2/c1-3-4-5-6-9(2)15-13-11(12(14)16-19-13)20(17,18)10-7-8-10/h9-10,15H,3-8H2,1-2H3,(H2,14,16). The lowest BCUT2D eigenvalue weighted by Gasteiger charge is -2.14. The number of rotatable bonds is 8. The number of hydrogen-bond donors (Lipinski definition) is 2. The van der Waals surface area contributed by atoms with Crippen molar-refractivity contribution in [3.05, 3.63) is 0 Å². The molecule has 0 radical (unpaired) electrons. The van der Waals surface area contributed by atoms with Crippen LogP contribution in [0.2, 0.25) is 0 Å². The van der Waals surface area contributed by atoms with Gasteiger partial charge in [0.15, 0.2) is 15.7 Å². The molecule has 1 heterocycles. The maximum atomic E-state index is 12.4. The average molecular weight is 317 g/mol. The molecule has 0 aromatic carbocycles. The smallest absolute Gasteiger partial charge is 0.187 e. The number of nitrogens with zero attached hydrogens (tertiary/aromatic N) is 1. The normalized spacial score (nSPS) is 17.1. The van der Waals surface area contributed by atoms with Gasteiger partial charge in [-0.1, -0.05) is 26.2 Å². The van der Waals surface area contributed by atoms with E-state index in [9.17, 15) is 8.42 Å². The second-order valence-electron chi connectivity index (χ2n) is 5.51. The predicted molar refractivity (Wildman–Crippen MR) is 84.0 cm³/mol. The molecule has 1 aliphatic carbocycles. The van der Waals surface area contributed by atoms with Gasteiger partial charge in [-0.3, -0.25) is 0 Å². The van der Waals surface area contributed by atoms with Gasteiger partial charge in [0.25, 0.3) is 0 Å². The number of nitrogen functional groups attached to an aromatic ring is 1. The Bertz CT molecular complexity index is 550. The van der Waals surface area contributed by atoms with Crippen LogP contribution in [-0.4, -0.2) is 24.1 Å². The van der Waals surface area contributed by atoms with Gasteiger partial charge in [0.1, 0.15) is 9.90 Å². The molecule has 1 aliphatic rings. The summed E-state index contributed by atoms with van der Waals surface area (Å²) in [5.41, 5.74) is 5.77. The maximum Gasteiger partial charge on any atom is 0.187 e. The van der Waals surface area contributed by atoms with Crippen molar-refractivity contribution >= 4 is 32.2 Å². The molecule has 1 aromatic heterocycles. The van der Waals surface area contributed by atoms with Crippen LogP contribution in [0.4, 0.5) is 10.8 Å². The van der Waals surface area contributed by atoms with Gasteiger partial charge >= 0.3 is 0 Å². The highest BCUT2D eigenvalue weighted by atomic mass is 32.2. The van der Waals surface area contributed by atoms with Crippen molar-refractivity contribution in [2.45, 2.75) is 68.6 Å². The molecule has 114 valence electrons. The minimum absolute atomic E-state index is 0.144. The zero-order valence-electron chi connectivity index (χ0n) is 12.1. The molecule has 5 nitrogen and oxygen atoms in total. The van der Waals surface area contributed by atoms with Gasteiger partial charge in [-0.25, -0.2) is 8.42 Å².